The number of ketones is 1. The van der Waals surface area contributed by atoms with Crippen LogP contribution in [-0.2, 0) is 9.47 Å². The summed E-state index contributed by atoms with van der Waals surface area (Å²) in [7, 11) is 4.29. The molecular formula is C21H25NO8. The molecule has 0 fully saturated rings. The van der Waals surface area contributed by atoms with Gasteiger partial charge in [0.15, 0.2) is 18.1 Å². The number of aryl methyl sites for hydroxylation is 1. The lowest BCUT2D eigenvalue weighted by Crippen LogP contribution is -2.16. The maximum Gasteiger partial charge on any atom is 0.340 e. The number of hydrogen-bond donors (Lipinski definition) is 1. The van der Waals surface area contributed by atoms with Crippen molar-refractivity contribution in [3.8, 4) is 17.2 Å². The molecule has 0 aliphatic heterocycles. The second kappa shape index (κ2) is 9.82. The highest BCUT2D eigenvalue weighted by molar-refractivity contribution is 6.03. The van der Waals surface area contributed by atoms with Crippen molar-refractivity contribution in [2.75, 3.05) is 34.5 Å². The molecule has 0 unspecified atom stereocenters. The fourth-order valence-corrected chi connectivity index (χ4v) is 3.02. The maximum atomic E-state index is 12.6. The summed E-state index contributed by atoms with van der Waals surface area (Å²) in [5.74, 6) is -0.843. The first kappa shape index (κ1) is 22.8. The third kappa shape index (κ3) is 4.56. The molecule has 1 N–H and O–H groups in total. The molecular weight excluding hydrogens is 394 g/mol. The van der Waals surface area contributed by atoms with Gasteiger partial charge >= 0.3 is 11.9 Å². The molecule has 0 saturated carbocycles. The summed E-state index contributed by atoms with van der Waals surface area (Å²) < 4.78 is 25.8. The first-order chi connectivity index (χ1) is 14.3. The van der Waals surface area contributed by atoms with Crippen LogP contribution in [0.4, 0.5) is 0 Å². The first-order valence-electron chi connectivity index (χ1n) is 9.15. The quantitative estimate of drug-likeness (QED) is 0.488. The Morgan fingerprint density at radius 3 is 2.00 bits per heavy atom. The molecule has 0 radical (unpaired) electrons. The van der Waals surface area contributed by atoms with Crippen LogP contribution >= 0.6 is 0 Å². The van der Waals surface area contributed by atoms with E-state index in [0.29, 0.717) is 22.6 Å². The van der Waals surface area contributed by atoms with Gasteiger partial charge in [-0.1, -0.05) is 0 Å². The van der Waals surface area contributed by atoms with E-state index >= 15 is 0 Å². The zero-order valence-electron chi connectivity index (χ0n) is 17.8. The van der Waals surface area contributed by atoms with E-state index in [1.54, 1.807) is 20.8 Å². The second-order valence-corrected chi connectivity index (χ2v) is 6.26. The summed E-state index contributed by atoms with van der Waals surface area (Å²) in [5.41, 5.74) is 1.57. The van der Waals surface area contributed by atoms with Crippen LogP contribution in [0.3, 0.4) is 0 Å². The molecule has 0 atom stereocenters. The lowest BCUT2D eigenvalue weighted by atomic mass is 10.1. The van der Waals surface area contributed by atoms with E-state index in [-0.39, 0.29) is 29.4 Å². The van der Waals surface area contributed by atoms with Crippen molar-refractivity contribution in [3.63, 3.8) is 0 Å². The SMILES string of the molecule is CCOC(=O)c1c(C)[nH]c(C(=O)COC(=O)c2cc(OC)c(OC)c(OC)c2)c1C. The minimum atomic E-state index is -0.742. The van der Waals surface area contributed by atoms with Gasteiger partial charge in [-0.15, -0.1) is 0 Å². The Labute approximate surface area is 174 Å². The van der Waals surface area contributed by atoms with Crippen molar-refractivity contribution in [2.45, 2.75) is 20.8 Å². The van der Waals surface area contributed by atoms with Gasteiger partial charge in [-0.25, -0.2) is 9.59 Å². The Kier molecular flexibility index (Phi) is 7.46. The number of aromatic nitrogens is 1. The number of Topliss-reactive ketones (excluding diaryl/α,β-unsaturated/α-hetero) is 1. The molecule has 9 nitrogen and oxygen atoms in total. The van der Waals surface area contributed by atoms with E-state index in [1.807, 2.05) is 0 Å². The Morgan fingerprint density at radius 1 is 0.900 bits per heavy atom. The van der Waals surface area contributed by atoms with Crippen molar-refractivity contribution < 1.29 is 38.1 Å². The maximum absolute atomic E-state index is 12.6. The van der Waals surface area contributed by atoms with E-state index in [1.165, 1.54) is 33.5 Å². The minimum absolute atomic E-state index is 0.129. The van der Waals surface area contributed by atoms with Crippen molar-refractivity contribution in [3.05, 3.63) is 40.2 Å². The van der Waals surface area contributed by atoms with Gasteiger partial charge in [0.05, 0.1) is 44.8 Å². The first-order valence-corrected chi connectivity index (χ1v) is 9.15. The van der Waals surface area contributed by atoms with Gasteiger partial charge in [-0.3, -0.25) is 4.79 Å². The van der Waals surface area contributed by atoms with E-state index < -0.39 is 24.3 Å². The number of hydrogen-bond acceptors (Lipinski definition) is 8. The Balaban J connectivity index is 2.18. The molecule has 162 valence electrons. The normalized spacial score (nSPS) is 10.3. The molecule has 0 saturated heterocycles. The molecule has 0 spiro atoms. The predicted molar refractivity (Wildman–Crippen MR) is 107 cm³/mol. The van der Waals surface area contributed by atoms with Crippen molar-refractivity contribution in [1.29, 1.82) is 0 Å². The third-order valence-electron chi connectivity index (χ3n) is 4.43. The molecule has 0 aliphatic rings. The van der Waals surface area contributed by atoms with Crippen LogP contribution in [0.15, 0.2) is 12.1 Å². The zero-order valence-corrected chi connectivity index (χ0v) is 17.8. The summed E-state index contributed by atoms with van der Waals surface area (Å²) in [6, 6.07) is 2.86. The Bertz CT molecular complexity index is 935. The van der Waals surface area contributed by atoms with Gasteiger partial charge in [0.2, 0.25) is 11.5 Å². The van der Waals surface area contributed by atoms with Gasteiger partial charge in [-0.2, -0.15) is 0 Å². The molecule has 2 aromatic rings. The highest BCUT2D eigenvalue weighted by Gasteiger charge is 2.24. The highest BCUT2D eigenvalue weighted by Crippen LogP contribution is 2.38. The molecule has 1 aromatic carbocycles. The largest absolute Gasteiger partial charge is 0.493 e. The van der Waals surface area contributed by atoms with Gasteiger partial charge < -0.3 is 28.7 Å². The fraction of sp³-hybridized carbons (Fsp3) is 0.381. The topological polar surface area (TPSA) is 113 Å². The standard InChI is InChI=1S/C21H25NO8/c1-7-29-21(25)17-11(2)18(22-12(17)3)14(23)10-30-20(24)13-8-15(26-4)19(28-6)16(9-13)27-5/h8-9,22H,7,10H2,1-6H3. The average Bonchev–Trinajstić information content (AvgIpc) is 3.04. The average molecular weight is 419 g/mol. The number of ether oxygens (including phenoxy) is 5. The summed E-state index contributed by atoms with van der Waals surface area (Å²) in [4.78, 5) is 40.0. The van der Waals surface area contributed by atoms with Crippen LogP contribution in [0.2, 0.25) is 0 Å². The number of nitrogens with one attached hydrogen (secondary N) is 1. The monoisotopic (exact) mass is 419 g/mol. The Hall–Kier alpha value is -3.49. The van der Waals surface area contributed by atoms with Gasteiger partial charge in [-0.05, 0) is 38.5 Å². The Morgan fingerprint density at radius 2 is 1.50 bits per heavy atom. The van der Waals surface area contributed by atoms with E-state index in [2.05, 4.69) is 4.98 Å². The van der Waals surface area contributed by atoms with E-state index in [9.17, 15) is 14.4 Å². The summed E-state index contributed by atoms with van der Waals surface area (Å²) in [6.07, 6.45) is 0. The van der Waals surface area contributed by atoms with Crippen LogP contribution in [0.5, 0.6) is 17.2 Å². The molecule has 1 aromatic heterocycles. The number of H-pyrrole nitrogens is 1. The summed E-state index contributed by atoms with van der Waals surface area (Å²) in [6.45, 7) is 4.70. The minimum Gasteiger partial charge on any atom is -0.493 e. The number of methoxy groups -OCH3 is 3. The van der Waals surface area contributed by atoms with Crippen LogP contribution in [0.1, 0.15) is 49.4 Å². The van der Waals surface area contributed by atoms with Crippen molar-refractivity contribution in [1.82, 2.24) is 4.98 Å². The number of carbonyl (C=O) groups is 3. The van der Waals surface area contributed by atoms with Gasteiger partial charge in [0.25, 0.3) is 0 Å². The van der Waals surface area contributed by atoms with Gasteiger partial charge in [0.1, 0.15) is 0 Å². The number of aromatic amines is 1. The zero-order chi connectivity index (χ0) is 22.4. The van der Waals surface area contributed by atoms with Crippen molar-refractivity contribution >= 4 is 17.7 Å². The van der Waals surface area contributed by atoms with Crippen LogP contribution in [0, 0.1) is 13.8 Å². The summed E-state index contributed by atoms with van der Waals surface area (Å²) >= 11 is 0. The molecule has 30 heavy (non-hydrogen) atoms. The molecule has 9 heteroatoms. The van der Waals surface area contributed by atoms with Crippen LogP contribution < -0.4 is 14.2 Å². The second-order valence-electron chi connectivity index (χ2n) is 6.26. The molecule has 2 rings (SSSR count). The third-order valence-corrected chi connectivity index (χ3v) is 4.43. The summed E-state index contributed by atoms with van der Waals surface area (Å²) in [5, 5.41) is 0. The van der Waals surface area contributed by atoms with E-state index in [0.717, 1.165) is 0 Å². The van der Waals surface area contributed by atoms with Gasteiger partial charge in [0, 0.05) is 5.69 Å². The number of carbonyl (C=O) groups excluding carboxylic acids is 3. The lowest BCUT2D eigenvalue weighted by molar-refractivity contribution is 0.0471. The number of benzene rings is 1. The molecule has 1 heterocycles. The van der Waals surface area contributed by atoms with Crippen LogP contribution in [0.25, 0.3) is 0 Å². The van der Waals surface area contributed by atoms with E-state index in [4.69, 9.17) is 23.7 Å². The smallest absolute Gasteiger partial charge is 0.340 e. The molecule has 0 bridgehead atoms. The lowest BCUT2D eigenvalue weighted by Gasteiger charge is -2.13. The van der Waals surface area contributed by atoms with Crippen LogP contribution in [-0.4, -0.2) is 57.2 Å². The molecule has 0 amide bonds. The number of esters is 2. The molecule has 0 aliphatic carbocycles. The highest BCUT2D eigenvalue weighted by atomic mass is 16.5. The van der Waals surface area contributed by atoms with Crippen molar-refractivity contribution in [2.24, 2.45) is 0 Å². The number of rotatable bonds is 9. The predicted octanol–water partition coefficient (Wildman–Crippen LogP) is 2.87. The fourth-order valence-electron chi connectivity index (χ4n) is 3.02.